The molecule has 0 saturated heterocycles. The SMILES string of the molecule is CC(=O)ON.[NaH]. The number of hydrogen-bond acceptors (Lipinski definition) is 3. The Bertz CT molecular complexity index is 46.8. The van der Waals surface area contributed by atoms with Crippen LogP contribution in [0.5, 0.6) is 0 Å². The van der Waals surface area contributed by atoms with E-state index in [0.717, 1.165) is 0 Å². The average Bonchev–Trinajstić information content (AvgIpc) is 1.38. The van der Waals surface area contributed by atoms with E-state index in [4.69, 9.17) is 0 Å². The molecule has 0 unspecified atom stereocenters. The minimum absolute atomic E-state index is 0. The Balaban J connectivity index is 0. The summed E-state index contributed by atoms with van der Waals surface area (Å²) >= 11 is 0. The minimum atomic E-state index is -0.468. The molecule has 0 bridgehead atoms. The quantitative estimate of drug-likeness (QED) is 0.306. The van der Waals surface area contributed by atoms with E-state index >= 15 is 0 Å². The Hall–Kier alpha value is 0.430. The van der Waals surface area contributed by atoms with Crippen LogP contribution >= 0.6 is 0 Å². The van der Waals surface area contributed by atoms with Crippen molar-refractivity contribution in [3.05, 3.63) is 0 Å². The summed E-state index contributed by atoms with van der Waals surface area (Å²) in [5, 5.41) is 0. The first-order valence-electron chi connectivity index (χ1n) is 1.14. The molecule has 0 rings (SSSR count). The summed E-state index contributed by atoms with van der Waals surface area (Å²) in [6.45, 7) is 1.24. The van der Waals surface area contributed by atoms with Crippen LogP contribution in [-0.2, 0) is 9.63 Å². The predicted molar refractivity (Wildman–Crippen MR) is 23.1 cm³/mol. The van der Waals surface area contributed by atoms with Gasteiger partial charge in [-0.3, -0.25) is 4.79 Å². The number of hydrogen-bond donors (Lipinski definition) is 1. The van der Waals surface area contributed by atoms with Crippen LogP contribution < -0.4 is 5.90 Å². The first kappa shape index (κ1) is 9.66. The van der Waals surface area contributed by atoms with Crippen molar-refractivity contribution in [3.63, 3.8) is 0 Å². The van der Waals surface area contributed by atoms with Gasteiger partial charge >= 0.3 is 35.5 Å². The summed E-state index contributed by atoms with van der Waals surface area (Å²) in [5.74, 6) is 3.85. The second kappa shape index (κ2) is 5.43. The van der Waals surface area contributed by atoms with Crippen LogP contribution in [0.1, 0.15) is 6.92 Å². The van der Waals surface area contributed by atoms with Crippen molar-refractivity contribution in [2.45, 2.75) is 6.92 Å². The fourth-order valence-corrected chi connectivity index (χ4v) is 0. The first-order chi connectivity index (χ1) is 2.27. The van der Waals surface area contributed by atoms with Gasteiger partial charge < -0.3 is 4.84 Å². The van der Waals surface area contributed by atoms with Crippen molar-refractivity contribution < 1.29 is 9.63 Å². The molecule has 0 aliphatic carbocycles. The van der Waals surface area contributed by atoms with Crippen LogP contribution in [0.2, 0.25) is 0 Å². The third-order valence-corrected chi connectivity index (χ3v) is 0.166. The normalized spacial score (nSPS) is 5.67. The molecule has 0 aliphatic rings. The van der Waals surface area contributed by atoms with Gasteiger partial charge in [-0.15, -0.1) is 0 Å². The Morgan fingerprint density at radius 1 is 1.83 bits per heavy atom. The zero-order valence-electron chi connectivity index (χ0n) is 2.89. The van der Waals surface area contributed by atoms with E-state index in [0.29, 0.717) is 0 Å². The summed E-state index contributed by atoms with van der Waals surface area (Å²) in [4.78, 5) is 13.1. The van der Waals surface area contributed by atoms with Gasteiger partial charge in [0.05, 0.1) is 0 Å². The van der Waals surface area contributed by atoms with Crippen molar-refractivity contribution >= 4 is 35.5 Å². The molecular formula is C2H6NNaO2. The van der Waals surface area contributed by atoms with E-state index in [1.165, 1.54) is 6.92 Å². The summed E-state index contributed by atoms with van der Waals surface area (Å²) in [7, 11) is 0. The van der Waals surface area contributed by atoms with Crippen molar-refractivity contribution in [2.24, 2.45) is 5.90 Å². The third-order valence-electron chi connectivity index (χ3n) is 0.166. The molecule has 0 fully saturated rings. The molecule has 0 radical (unpaired) electrons. The van der Waals surface area contributed by atoms with Gasteiger partial charge in [-0.05, 0) is 0 Å². The van der Waals surface area contributed by atoms with Crippen LogP contribution in [0.3, 0.4) is 0 Å². The molecule has 0 saturated carbocycles. The molecule has 0 spiro atoms. The summed E-state index contributed by atoms with van der Waals surface area (Å²) in [6.07, 6.45) is 0. The molecule has 0 aromatic carbocycles. The van der Waals surface area contributed by atoms with E-state index in [-0.39, 0.29) is 29.6 Å². The molecular weight excluding hydrogens is 93.0 g/mol. The molecule has 6 heavy (non-hydrogen) atoms. The fourth-order valence-electron chi connectivity index (χ4n) is 0. The van der Waals surface area contributed by atoms with Crippen molar-refractivity contribution in [1.29, 1.82) is 0 Å². The van der Waals surface area contributed by atoms with Crippen molar-refractivity contribution in [2.75, 3.05) is 0 Å². The summed E-state index contributed by atoms with van der Waals surface area (Å²) in [6, 6.07) is 0. The van der Waals surface area contributed by atoms with Gasteiger partial charge in [-0.2, -0.15) is 5.90 Å². The molecule has 0 aromatic rings. The topological polar surface area (TPSA) is 52.3 Å². The molecule has 0 aromatic heterocycles. The fraction of sp³-hybridized carbons (Fsp3) is 0.500. The molecule has 0 amide bonds. The second-order valence-electron chi connectivity index (χ2n) is 0.609. The van der Waals surface area contributed by atoms with Gasteiger partial charge in [-0.1, -0.05) is 0 Å². The van der Waals surface area contributed by atoms with E-state index in [1.54, 1.807) is 0 Å². The van der Waals surface area contributed by atoms with Crippen LogP contribution in [0, 0.1) is 0 Å². The van der Waals surface area contributed by atoms with Crippen LogP contribution in [0.25, 0.3) is 0 Å². The van der Waals surface area contributed by atoms with Gasteiger partial charge in [0, 0.05) is 6.92 Å². The maximum atomic E-state index is 9.47. The molecule has 0 atom stereocenters. The Labute approximate surface area is 58.1 Å². The molecule has 4 heteroatoms. The molecule has 2 N–H and O–H groups in total. The number of nitrogens with two attached hydrogens (primary N) is 1. The van der Waals surface area contributed by atoms with Crippen LogP contribution in [-0.4, -0.2) is 35.5 Å². The Morgan fingerprint density at radius 2 is 2.00 bits per heavy atom. The first-order valence-corrected chi connectivity index (χ1v) is 1.14. The second-order valence-corrected chi connectivity index (χ2v) is 0.609. The number of carbonyl (C=O) groups is 1. The summed E-state index contributed by atoms with van der Waals surface area (Å²) < 4.78 is 0. The zero-order valence-corrected chi connectivity index (χ0v) is 2.89. The van der Waals surface area contributed by atoms with Gasteiger partial charge in [-0.25, -0.2) is 0 Å². The van der Waals surface area contributed by atoms with Crippen LogP contribution in [0.4, 0.5) is 0 Å². The van der Waals surface area contributed by atoms with Gasteiger partial charge in [0.25, 0.3) is 0 Å². The van der Waals surface area contributed by atoms with Crippen molar-refractivity contribution in [1.82, 2.24) is 0 Å². The predicted octanol–water partition coefficient (Wildman–Crippen LogP) is -1.23. The van der Waals surface area contributed by atoms with Gasteiger partial charge in [0.15, 0.2) is 0 Å². The number of rotatable bonds is 0. The Morgan fingerprint density at radius 3 is 2.00 bits per heavy atom. The van der Waals surface area contributed by atoms with Gasteiger partial charge in [0.2, 0.25) is 0 Å². The molecule has 0 heterocycles. The molecule has 32 valence electrons. The van der Waals surface area contributed by atoms with E-state index in [9.17, 15) is 4.79 Å². The van der Waals surface area contributed by atoms with Gasteiger partial charge in [0.1, 0.15) is 0 Å². The maximum absolute atomic E-state index is 9.47. The zero-order chi connectivity index (χ0) is 4.28. The van der Waals surface area contributed by atoms with Crippen LogP contribution in [0.15, 0.2) is 0 Å². The van der Waals surface area contributed by atoms with Crippen molar-refractivity contribution in [3.8, 4) is 0 Å². The Kier molecular flexibility index (Phi) is 8.74. The third kappa shape index (κ3) is 8.83. The number of carbonyl (C=O) groups excluding carboxylic acids is 1. The van der Waals surface area contributed by atoms with E-state index in [1.807, 2.05) is 0 Å². The van der Waals surface area contributed by atoms with E-state index < -0.39 is 5.97 Å². The van der Waals surface area contributed by atoms with E-state index in [2.05, 4.69) is 10.7 Å². The monoisotopic (exact) mass is 99.0 g/mol. The summed E-state index contributed by atoms with van der Waals surface area (Å²) in [5.41, 5.74) is 0. The molecule has 3 nitrogen and oxygen atoms in total. The standard InChI is InChI=1S/C2H5NO2.Na.H/c1-2(4)5-3;;/h3H2,1H3;;. The molecule has 0 aliphatic heterocycles. The average molecular weight is 99.1 g/mol.